The number of benzene rings is 3. The third-order valence-electron chi connectivity index (χ3n) is 4.65. The van der Waals surface area contributed by atoms with E-state index in [0.717, 1.165) is 11.1 Å². The number of carbonyl (C=O) groups excluding carboxylic acids is 3. The molecule has 0 atom stereocenters. The van der Waals surface area contributed by atoms with Crippen molar-refractivity contribution in [3.05, 3.63) is 90.0 Å². The third kappa shape index (κ3) is 6.70. The first-order chi connectivity index (χ1) is 15.4. The number of hydrogen-bond acceptors (Lipinski definition) is 3. The van der Waals surface area contributed by atoms with E-state index in [1.165, 1.54) is 4.90 Å². The third-order valence-corrected chi connectivity index (χ3v) is 4.65. The lowest BCUT2D eigenvalue weighted by Gasteiger charge is -2.22. The van der Waals surface area contributed by atoms with Crippen LogP contribution in [0, 0.1) is 13.8 Å². The quantitative estimate of drug-likeness (QED) is 0.527. The second kappa shape index (κ2) is 10.8. The summed E-state index contributed by atoms with van der Waals surface area (Å²) in [4.78, 5) is 39.1. The van der Waals surface area contributed by atoms with E-state index >= 15 is 0 Å². The average Bonchev–Trinajstić information content (AvgIpc) is 2.76. The van der Waals surface area contributed by atoms with Gasteiger partial charge in [-0.1, -0.05) is 42.5 Å². The minimum atomic E-state index is -0.499. The lowest BCUT2D eigenvalue weighted by atomic mass is 10.2. The molecule has 0 spiro atoms. The molecule has 0 saturated carbocycles. The van der Waals surface area contributed by atoms with Gasteiger partial charge >= 0.3 is 6.03 Å². The average molecular weight is 431 g/mol. The summed E-state index contributed by atoms with van der Waals surface area (Å²) in [6.07, 6.45) is 0. The molecule has 0 unspecified atom stereocenters. The van der Waals surface area contributed by atoms with Gasteiger partial charge in [-0.2, -0.15) is 0 Å². The Morgan fingerprint density at radius 1 is 0.750 bits per heavy atom. The van der Waals surface area contributed by atoms with Crippen LogP contribution >= 0.6 is 0 Å². The normalized spacial score (nSPS) is 10.2. The van der Waals surface area contributed by atoms with Gasteiger partial charge in [-0.25, -0.2) is 4.79 Å². The van der Waals surface area contributed by atoms with Crippen molar-refractivity contribution in [3.8, 4) is 0 Å². The van der Waals surface area contributed by atoms with E-state index in [4.69, 9.17) is 0 Å². The molecular formula is C25H26N4O3. The van der Waals surface area contributed by atoms with Crippen LogP contribution in [0.2, 0.25) is 0 Å². The highest BCUT2D eigenvalue weighted by Gasteiger charge is 2.20. The molecule has 7 heteroatoms. The van der Waals surface area contributed by atoms with Gasteiger partial charge in [0.2, 0.25) is 11.8 Å². The van der Waals surface area contributed by atoms with Crippen LogP contribution < -0.4 is 20.9 Å². The Kier molecular flexibility index (Phi) is 7.59. The highest BCUT2D eigenvalue weighted by Crippen LogP contribution is 2.15. The van der Waals surface area contributed by atoms with Gasteiger partial charge < -0.3 is 20.9 Å². The summed E-state index contributed by atoms with van der Waals surface area (Å²) in [5, 5.41) is 8.06. The fraction of sp³-hybridized carbons (Fsp3) is 0.160. The van der Waals surface area contributed by atoms with Gasteiger partial charge in [0.25, 0.3) is 0 Å². The molecule has 3 N–H and O–H groups in total. The van der Waals surface area contributed by atoms with E-state index in [0.29, 0.717) is 17.1 Å². The van der Waals surface area contributed by atoms with Crippen LogP contribution in [0.25, 0.3) is 0 Å². The maximum absolute atomic E-state index is 12.9. The first-order valence-electron chi connectivity index (χ1n) is 10.2. The number of para-hydroxylation sites is 1. The molecule has 7 nitrogen and oxygen atoms in total. The van der Waals surface area contributed by atoms with Gasteiger partial charge in [0.05, 0.1) is 6.54 Å². The number of amides is 4. The lowest BCUT2D eigenvalue weighted by Crippen LogP contribution is -2.44. The van der Waals surface area contributed by atoms with Crippen LogP contribution in [0.1, 0.15) is 11.1 Å². The minimum absolute atomic E-state index is 0.183. The van der Waals surface area contributed by atoms with Crippen molar-refractivity contribution in [2.45, 2.75) is 13.8 Å². The van der Waals surface area contributed by atoms with E-state index < -0.39 is 11.9 Å². The molecule has 0 bridgehead atoms. The highest BCUT2D eigenvalue weighted by atomic mass is 16.2. The fourth-order valence-electron chi connectivity index (χ4n) is 3.15. The number of nitrogens with zero attached hydrogens (tertiary/aromatic N) is 1. The zero-order valence-electron chi connectivity index (χ0n) is 18.1. The summed E-state index contributed by atoms with van der Waals surface area (Å²) in [6, 6.07) is 23.1. The summed E-state index contributed by atoms with van der Waals surface area (Å²) < 4.78 is 0. The monoisotopic (exact) mass is 430 g/mol. The summed E-state index contributed by atoms with van der Waals surface area (Å²) in [5.74, 6) is -0.744. The number of carbonyl (C=O) groups is 3. The maximum atomic E-state index is 12.9. The largest absolute Gasteiger partial charge is 0.329 e. The predicted molar refractivity (Wildman–Crippen MR) is 127 cm³/mol. The smallest absolute Gasteiger partial charge is 0.319 e. The van der Waals surface area contributed by atoms with Crippen molar-refractivity contribution >= 4 is 34.9 Å². The Morgan fingerprint density at radius 2 is 1.34 bits per heavy atom. The van der Waals surface area contributed by atoms with Gasteiger partial charge in [-0.15, -0.1) is 0 Å². The Labute approximate surface area is 187 Å². The Hall–Kier alpha value is -4.13. The standard InChI is InChI=1S/C25H26N4O3/c1-18-8-6-10-20(14-18)27-23(30)17-29(22-12-4-3-5-13-22)24(31)16-26-25(32)28-21-11-7-9-19(2)15-21/h3-15H,16-17H2,1-2H3,(H,27,30)(H2,26,28,32). The topological polar surface area (TPSA) is 90.5 Å². The van der Waals surface area contributed by atoms with Crippen molar-refractivity contribution < 1.29 is 14.4 Å². The Balaban J connectivity index is 1.63. The number of aryl methyl sites for hydroxylation is 2. The van der Waals surface area contributed by atoms with Crippen LogP contribution in [0.15, 0.2) is 78.9 Å². The van der Waals surface area contributed by atoms with E-state index in [-0.39, 0.29) is 19.0 Å². The van der Waals surface area contributed by atoms with Crippen LogP contribution in [0.3, 0.4) is 0 Å². The Bertz CT molecular complexity index is 1100. The van der Waals surface area contributed by atoms with Gasteiger partial charge in [-0.05, 0) is 61.4 Å². The molecule has 0 radical (unpaired) electrons. The molecule has 0 saturated heterocycles. The van der Waals surface area contributed by atoms with Crippen LogP contribution in [-0.4, -0.2) is 30.9 Å². The second-order valence-corrected chi connectivity index (χ2v) is 7.41. The zero-order chi connectivity index (χ0) is 22.9. The molecule has 3 aromatic carbocycles. The molecular weight excluding hydrogens is 404 g/mol. The lowest BCUT2D eigenvalue weighted by molar-refractivity contribution is -0.121. The Morgan fingerprint density at radius 3 is 1.94 bits per heavy atom. The number of anilines is 3. The van der Waals surface area contributed by atoms with Crippen molar-refractivity contribution in [1.29, 1.82) is 0 Å². The van der Waals surface area contributed by atoms with Gasteiger partial charge in [0.1, 0.15) is 6.54 Å². The molecule has 32 heavy (non-hydrogen) atoms. The van der Waals surface area contributed by atoms with Gasteiger partial charge in [0, 0.05) is 17.1 Å². The molecule has 3 aromatic rings. The summed E-state index contributed by atoms with van der Waals surface area (Å²) in [7, 11) is 0. The molecule has 3 rings (SSSR count). The molecule has 164 valence electrons. The molecule has 0 fully saturated rings. The number of nitrogens with one attached hydrogen (secondary N) is 3. The van der Waals surface area contributed by atoms with Crippen molar-refractivity contribution in [3.63, 3.8) is 0 Å². The van der Waals surface area contributed by atoms with Crippen molar-refractivity contribution in [2.24, 2.45) is 0 Å². The minimum Gasteiger partial charge on any atom is -0.329 e. The molecule has 0 aliphatic heterocycles. The van der Waals surface area contributed by atoms with Gasteiger partial charge in [-0.3, -0.25) is 9.59 Å². The second-order valence-electron chi connectivity index (χ2n) is 7.41. The first kappa shape index (κ1) is 22.6. The molecule has 0 aliphatic rings. The summed E-state index contributed by atoms with van der Waals surface area (Å²) >= 11 is 0. The molecule has 0 aromatic heterocycles. The maximum Gasteiger partial charge on any atom is 0.319 e. The summed E-state index contributed by atoms with van der Waals surface area (Å²) in [5.41, 5.74) is 3.88. The molecule has 0 heterocycles. The SMILES string of the molecule is Cc1cccc(NC(=O)CN(C(=O)CNC(=O)Nc2cccc(C)c2)c2ccccc2)c1. The predicted octanol–water partition coefficient (Wildman–Crippen LogP) is 4.10. The van der Waals surface area contributed by atoms with Crippen LogP contribution in [0.4, 0.5) is 21.9 Å². The van der Waals surface area contributed by atoms with Gasteiger partial charge in [0.15, 0.2) is 0 Å². The van der Waals surface area contributed by atoms with E-state index in [1.54, 1.807) is 36.4 Å². The molecule has 0 aliphatic carbocycles. The summed E-state index contributed by atoms with van der Waals surface area (Å²) in [6.45, 7) is 3.41. The number of hydrogen-bond donors (Lipinski definition) is 3. The van der Waals surface area contributed by atoms with Crippen LogP contribution in [0.5, 0.6) is 0 Å². The van der Waals surface area contributed by atoms with E-state index in [2.05, 4.69) is 16.0 Å². The number of urea groups is 1. The first-order valence-corrected chi connectivity index (χ1v) is 10.2. The number of rotatable bonds is 7. The van der Waals surface area contributed by atoms with Crippen molar-refractivity contribution in [2.75, 3.05) is 28.6 Å². The highest BCUT2D eigenvalue weighted by molar-refractivity contribution is 6.04. The fourth-order valence-corrected chi connectivity index (χ4v) is 3.15. The van der Waals surface area contributed by atoms with E-state index in [1.807, 2.05) is 56.3 Å². The zero-order valence-corrected chi connectivity index (χ0v) is 18.1. The van der Waals surface area contributed by atoms with Crippen molar-refractivity contribution in [1.82, 2.24) is 5.32 Å². The van der Waals surface area contributed by atoms with E-state index in [9.17, 15) is 14.4 Å². The van der Waals surface area contributed by atoms with Crippen LogP contribution in [-0.2, 0) is 9.59 Å². The molecule has 4 amide bonds.